The van der Waals surface area contributed by atoms with Crippen molar-refractivity contribution in [3.05, 3.63) is 23.2 Å². The van der Waals surface area contributed by atoms with Crippen LogP contribution in [0.3, 0.4) is 0 Å². The first kappa shape index (κ1) is 23.6. The molecule has 0 aromatic heterocycles. The van der Waals surface area contributed by atoms with E-state index in [9.17, 15) is 9.59 Å². The zero-order valence-corrected chi connectivity index (χ0v) is 20.6. The Morgan fingerprint density at radius 2 is 1.34 bits per heavy atom. The fourth-order valence-electron chi connectivity index (χ4n) is 4.76. The minimum atomic E-state index is -2.24. The van der Waals surface area contributed by atoms with Crippen molar-refractivity contribution in [3.8, 4) is 0 Å². The van der Waals surface area contributed by atoms with Crippen LogP contribution in [0.5, 0.6) is 0 Å². The number of allylic oxidation sites excluding steroid dienone is 1. The van der Waals surface area contributed by atoms with E-state index in [0.717, 1.165) is 52.1 Å². The maximum Gasteiger partial charge on any atom is 0.327 e. The van der Waals surface area contributed by atoms with Crippen molar-refractivity contribution in [2.75, 3.05) is 46.3 Å². The molecule has 0 saturated carbocycles. The third-order valence-corrected chi connectivity index (χ3v) is 7.49. The highest BCUT2D eigenvalue weighted by molar-refractivity contribution is 7.39. The molecule has 5 rings (SSSR count). The largest absolute Gasteiger partial charge is 0.365 e. The third-order valence-electron chi connectivity index (χ3n) is 7.00. The van der Waals surface area contributed by atoms with Gasteiger partial charge in [-0.2, -0.15) is 0 Å². The van der Waals surface area contributed by atoms with Crippen LogP contribution in [0.1, 0.15) is 40.5 Å². The molecular formula is C22H35N4O5P. The van der Waals surface area contributed by atoms with Gasteiger partial charge in [-0.25, -0.2) is 0 Å². The Hall–Kier alpha value is -1.51. The van der Waals surface area contributed by atoms with E-state index in [2.05, 4.69) is 39.6 Å². The van der Waals surface area contributed by atoms with Crippen molar-refractivity contribution in [2.24, 2.45) is 0 Å². The molecule has 0 bridgehead atoms. The van der Waals surface area contributed by atoms with E-state index in [1.54, 1.807) is 0 Å². The van der Waals surface area contributed by atoms with Crippen molar-refractivity contribution in [3.63, 3.8) is 0 Å². The van der Waals surface area contributed by atoms with Gasteiger partial charge in [-0.1, -0.05) is 0 Å². The number of piperidine rings is 1. The molecule has 0 aromatic rings. The predicted molar refractivity (Wildman–Crippen MR) is 121 cm³/mol. The molecule has 2 N–H and O–H groups in total. The summed E-state index contributed by atoms with van der Waals surface area (Å²) in [5.74, 6) is 0.0485. The maximum atomic E-state index is 12.4. The number of Topliss-reactive ketones (excluding diaryl/α,β-unsaturated/α-hetero) is 1. The lowest BCUT2D eigenvalue weighted by Gasteiger charge is -2.53. The normalized spacial score (nSPS) is 26.9. The first-order valence-corrected chi connectivity index (χ1v) is 12.5. The van der Waals surface area contributed by atoms with E-state index in [1.165, 1.54) is 6.08 Å². The molecular weight excluding hydrogens is 431 g/mol. The highest BCUT2D eigenvalue weighted by Gasteiger charge is 2.45. The van der Waals surface area contributed by atoms with Gasteiger partial charge in [0.15, 0.2) is 0 Å². The zero-order chi connectivity index (χ0) is 23.4. The summed E-state index contributed by atoms with van der Waals surface area (Å²) in [6.07, 6.45) is 3.11. The number of ketones is 2. The van der Waals surface area contributed by atoms with Crippen LogP contribution in [0.25, 0.3) is 0 Å². The summed E-state index contributed by atoms with van der Waals surface area (Å²) in [7, 11) is -0.131. The zero-order valence-electron chi connectivity index (χ0n) is 19.7. The second kappa shape index (κ2) is 8.37. The van der Waals surface area contributed by atoms with Gasteiger partial charge in [-0.3, -0.25) is 14.5 Å². The third kappa shape index (κ3) is 5.02. The monoisotopic (exact) mass is 466 g/mol. The molecule has 1 aliphatic carbocycles. The van der Waals surface area contributed by atoms with Gasteiger partial charge in [-0.15, -0.1) is 0 Å². The summed E-state index contributed by atoms with van der Waals surface area (Å²) in [5.41, 5.74) is 1.94. The fraction of sp³-hybridized carbons (Fsp3) is 0.727. The van der Waals surface area contributed by atoms with Crippen molar-refractivity contribution in [2.45, 2.75) is 57.7 Å². The molecule has 10 heteroatoms. The van der Waals surface area contributed by atoms with Crippen LogP contribution in [0.2, 0.25) is 0 Å². The number of carbonyl (C=O) groups excluding carboxylic acids is 2. The summed E-state index contributed by atoms with van der Waals surface area (Å²) >= 11 is 0. The average Bonchev–Trinajstić information content (AvgIpc) is 3.53. The Labute approximate surface area is 191 Å². The van der Waals surface area contributed by atoms with E-state index in [1.807, 2.05) is 14.7 Å². The molecule has 4 heterocycles. The molecule has 4 saturated heterocycles. The molecule has 0 radical (unpaired) electrons. The SMILES string of the molecule is CN1C(C)(C)CC(OP(O)O)CC1(C)C.O=C1C=C(N2CC2)C(=O)C(N2CC2)=C1N1CC1. The summed E-state index contributed by atoms with van der Waals surface area (Å²) in [5, 5.41) is 0. The molecule has 0 unspecified atom stereocenters. The number of hydrogen-bond donors (Lipinski definition) is 2. The maximum absolute atomic E-state index is 12.4. The van der Waals surface area contributed by atoms with E-state index in [-0.39, 0.29) is 28.7 Å². The average molecular weight is 467 g/mol. The molecule has 0 atom stereocenters. The van der Waals surface area contributed by atoms with Gasteiger partial charge in [0.05, 0.1) is 11.8 Å². The Bertz CT molecular complexity index is 838. The highest BCUT2D eigenvalue weighted by atomic mass is 31.2. The summed E-state index contributed by atoms with van der Waals surface area (Å²) in [6, 6.07) is 0. The van der Waals surface area contributed by atoms with Crippen LogP contribution >= 0.6 is 8.60 Å². The van der Waals surface area contributed by atoms with Crippen LogP contribution in [-0.4, -0.2) is 104 Å². The molecule has 32 heavy (non-hydrogen) atoms. The van der Waals surface area contributed by atoms with Crippen LogP contribution in [-0.2, 0) is 14.1 Å². The van der Waals surface area contributed by atoms with E-state index < -0.39 is 8.60 Å². The molecule has 4 fully saturated rings. The van der Waals surface area contributed by atoms with Gasteiger partial charge in [0.2, 0.25) is 11.6 Å². The second-order valence-electron chi connectivity index (χ2n) is 10.5. The van der Waals surface area contributed by atoms with Gasteiger partial charge in [0, 0.05) is 56.4 Å². The summed E-state index contributed by atoms with van der Waals surface area (Å²) < 4.78 is 5.16. The van der Waals surface area contributed by atoms with E-state index in [0.29, 0.717) is 17.1 Å². The molecule has 5 aliphatic rings. The molecule has 0 amide bonds. The van der Waals surface area contributed by atoms with Crippen molar-refractivity contribution in [1.82, 2.24) is 19.6 Å². The predicted octanol–water partition coefficient (Wildman–Crippen LogP) is 1.05. The van der Waals surface area contributed by atoms with Gasteiger partial charge in [-0.05, 0) is 47.6 Å². The number of hydrogen-bond acceptors (Lipinski definition) is 9. The topological polar surface area (TPSA) is 96.1 Å². The number of rotatable bonds is 5. The van der Waals surface area contributed by atoms with Crippen LogP contribution in [0, 0.1) is 0 Å². The number of nitrogens with zero attached hydrogens (tertiary/aromatic N) is 4. The molecule has 4 aliphatic heterocycles. The Kier molecular flexibility index (Phi) is 6.18. The Morgan fingerprint density at radius 3 is 1.78 bits per heavy atom. The first-order valence-electron chi connectivity index (χ1n) is 11.3. The minimum absolute atomic E-state index is 0.00546. The van der Waals surface area contributed by atoms with E-state index >= 15 is 0 Å². The first-order chi connectivity index (χ1) is 14.9. The molecule has 0 spiro atoms. The summed E-state index contributed by atoms with van der Waals surface area (Å²) in [6.45, 7) is 14.0. The molecule has 9 nitrogen and oxygen atoms in total. The number of carbonyl (C=O) groups is 2. The molecule has 178 valence electrons. The van der Waals surface area contributed by atoms with Crippen molar-refractivity contribution >= 4 is 20.2 Å². The van der Waals surface area contributed by atoms with Crippen LogP contribution in [0.4, 0.5) is 0 Å². The van der Waals surface area contributed by atoms with Crippen molar-refractivity contribution < 1.29 is 23.9 Å². The smallest absolute Gasteiger partial charge is 0.327 e. The Balaban J connectivity index is 0.000000155. The standard InChI is InChI=1S/C12H13N3O2.C10H22NO3P/c16-9-7-8(13-1-2-13)12(17)11(15-5-6-15)10(9)14-3-4-14;1-9(2)6-8(14-15(12)13)7-10(3,4)11(9)5/h7H,1-6H2;8,12-13H,6-7H2,1-5H3. The lowest BCUT2D eigenvalue weighted by molar-refractivity contribution is -0.117. The minimum Gasteiger partial charge on any atom is -0.365 e. The molecule has 0 aromatic carbocycles. The van der Waals surface area contributed by atoms with Gasteiger partial charge in [0.1, 0.15) is 11.4 Å². The van der Waals surface area contributed by atoms with Gasteiger partial charge >= 0.3 is 8.60 Å². The Morgan fingerprint density at radius 1 is 0.875 bits per heavy atom. The quantitative estimate of drug-likeness (QED) is 0.350. The van der Waals surface area contributed by atoms with Gasteiger partial charge < -0.3 is 29.0 Å². The lowest BCUT2D eigenvalue weighted by atomic mass is 9.79. The lowest BCUT2D eigenvalue weighted by Crippen LogP contribution is -2.60. The number of likely N-dealkylation sites (tertiary alicyclic amines) is 1. The highest BCUT2D eigenvalue weighted by Crippen LogP contribution is 2.42. The van der Waals surface area contributed by atoms with Gasteiger partial charge in [0.25, 0.3) is 0 Å². The second-order valence-corrected chi connectivity index (χ2v) is 11.2. The summed E-state index contributed by atoms with van der Waals surface area (Å²) in [4.78, 5) is 50.6. The van der Waals surface area contributed by atoms with Crippen LogP contribution < -0.4 is 0 Å². The van der Waals surface area contributed by atoms with Crippen LogP contribution in [0.15, 0.2) is 23.2 Å². The van der Waals surface area contributed by atoms with E-state index in [4.69, 9.17) is 14.3 Å². The fourth-order valence-corrected chi connectivity index (χ4v) is 5.18. The van der Waals surface area contributed by atoms with Crippen molar-refractivity contribution in [1.29, 1.82) is 0 Å².